The van der Waals surface area contributed by atoms with Gasteiger partial charge in [-0.3, -0.25) is 16.3 Å². The fourth-order valence-corrected chi connectivity index (χ4v) is 1.96. The smallest absolute Gasteiger partial charge is 0.141 e. The summed E-state index contributed by atoms with van der Waals surface area (Å²) in [6.07, 6.45) is 1.89. The van der Waals surface area contributed by atoms with Gasteiger partial charge in [0, 0.05) is 4.47 Å². The van der Waals surface area contributed by atoms with E-state index in [-0.39, 0.29) is 11.9 Å². The Kier molecular flexibility index (Phi) is 4.41. The average molecular weight is 310 g/mol. The van der Waals surface area contributed by atoms with Crippen molar-refractivity contribution in [2.24, 2.45) is 5.84 Å². The standard InChI is InChI=1S/C13H13BrFN3/c14-10-3-1-9(2-4-10)7-13(18-16)12-6-5-11(15)8-17-12/h1-6,8,13,18H,7,16H2. The fraction of sp³-hybridized carbons (Fsp3) is 0.154. The summed E-state index contributed by atoms with van der Waals surface area (Å²) in [5, 5.41) is 0. The van der Waals surface area contributed by atoms with Gasteiger partial charge >= 0.3 is 0 Å². The van der Waals surface area contributed by atoms with E-state index in [1.807, 2.05) is 24.3 Å². The summed E-state index contributed by atoms with van der Waals surface area (Å²) >= 11 is 3.39. The molecule has 0 saturated heterocycles. The largest absolute Gasteiger partial charge is 0.271 e. The fourth-order valence-electron chi connectivity index (χ4n) is 1.70. The van der Waals surface area contributed by atoms with E-state index in [9.17, 15) is 4.39 Å². The van der Waals surface area contributed by atoms with Gasteiger partial charge in [0.2, 0.25) is 0 Å². The Morgan fingerprint density at radius 1 is 1.22 bits per heavy atom. The third-order valence-electron chi connectivity index (χ3n) is 2.66. The first-order valence-electron chi connectivity index (χ1n) is 5.51. The quantitative estimate of drug-likeness (QED) is 0.674. The molecule has 1 aromatic heterocycles. The lowest BCUT2D eigenvalue weighted by Gasteiger charge is -2.15. The highest BCUT2D eigenvalue weighted by Gasteiger charge is 2.12. The van der Waals surface area contributed by atoms with Crippen molar-refractivity contribution in [1.82, 2.24) is 10.4 Å². The first-order valence-corrected chi connectivity index (χ1v) is 6.30. The molecule has 0 aliphatic rings. The molecule has 1 aromatic carbocycles. The predicted molar refractivity (Wildman–Crippen MR) is 72.1 cm³/mol. The third-order valence-corrected chi connectivity index (χ3v) is 3.19. The molecule has 0 fully saturated rings. The van der Waals surface area contributed by atoms with Crippen molar-refractivity contribution in [1.29, 1.82) is 0 Å². The molecule has 0 saturated carbocycles. The Balaban J connectivity index is 2.14. The molecule has 3 N–H and O–H groups in total. The summed E-state index contributed by atoms with van der Waals surface area (Å²) in [6, 6.07) is 10.9. The summed E-state index contributed by atoms with van der Waals surface area (Å²) < 4.78 is 13.8. The van der Waals surface area contributed by atoms with Gasteiger partial charge in [0.1, 0.15) is 5.82 Å². The van der Waals surface area contributed by atoms with Gasteiger partial charge in [0.15, 0.2) is 0 Å². The number of hydrogen-bond acceptors (Lipinski definition) is 3. The molecule has 1 atom stereocenters. The molecule has 94 valence electrons. The molecule has 0 amide bonds. The zero-order chi connectivity index (χ0) is 13.0. The molecule has 2 aromatic rings. The van der Waals surface area contributed by atoms with Crippen LogP contribution in [0.1, 0.15) is 17.3 Å². The Morgan fingerprint density at radius 2 is 1.94 bits per heavy atom. The molecule has 1 heterocycles. The van der Waals surface area contributed by atoms with Crippen LogP contribution in [0.4, 0.5) is 4.39 Å². The van der Waals surface area contributed by atoms with Gasteiger partial charge in [-0.05, 0) is 36.2 Å². The monoisotopic (exact) mass is 309 g/mol. The number of halogens is 2. The van der Waals surface area contributed by atoms with Crippen LogP contribution >= 0.6 is 15.9 Å². The number of nitrogens with zero attached hydrogens (tertiary/aromatic N) is 1. The maximum Gasteiger partial charge on any atom is 0.141 e. The van der Waals surface area contributed by atoms with Gasteiger partial charge in [0.05, 0.1) is 17.9 Å². The lowest BCUT2D eigenvalue weighted by molar-refractivity contribution is 0.533. The maximum atomic E-state index is 12.8. The summed E-state index contributed by atoms with van der Waals surface area (Å²) in [5.41, 5.74) is 4.56. The van der Waals surface area contributed by atoms with Crippen LogP contribution in [0.3, 0.4) is 0 Å². The Morgan fingerprint density at radius 3 is 2.50 bits per heavy atom. The summed E-state index contributed by atoms with van der Waals surface area (Å²) in [7, 11) is 0. The minimum absolute atomic E-state index is 0.133. The van der Waals surface area contributed by atoms with Crippen molar-refractivity contribution in [3.8, 4) is 0 Å². The van der Waals surface area contributed by atoms with Crippen LogP contribution in [-0.2, 0) is 6.42 Å². The molecule has 2 rings (SSSR count). The lowest BCUT2D eigenvalue weighted by Crippen LogP contribution is -2.30. The highest BCUT2D eigenvalue weighted by molar-refractivity contribution is 9.10. The van der Waals surface area contributed by atoms with E-state index in [4.69, 9.17) is 5.84 Å². The number of benzene rings is 1. The van der Waals surface area contributed by atoms with Crippen molar-refractivity contribution in [3.63, 3.8) is 0 Å². The third kappa shape index (κ3) is 3.35. The number of hydrazine groups is 1. The van der Waals surface area contributed by atoms with E-state index in [1.54, 1.807) is 6.07 Å². The predicted octanol–water partition coefficient (Wildman–Crippen LogP) is 2.73. The Bertz CT molecular complexity index is 499. The zero-order valence-corrected chi connectivity index (χ0v) is 11.2. The number of hydrogen-bond donors (Lipinski definition) is 2. The van der Waals surface area contributed by atoms with Crippen LogP contribution in [0.15, 0.2) is 47.1 Å². The van der Waals surface area contributed by atoms with Crippen molar-refractivity contribution >= 4 is 15.9 Å². The molecular formula is C13H13BrFN3. The first-order chi connectivity index (χ1) is 8.69. The van der Waals surface area contributed by atoms with Crippen LogP contribution in [0.25, 0.3) is 0 Å². The van der Waals surface area contributed by atoms with Crippen LogP contribution in [-0.4, -0.2) is 4.98 Å². The van der Waals surface area contributed by atoms with Gasteiger partial charge in [-0.1, -0.05) is 28.1 Å². The van der Waals surface area contributed by atoms with E-state index in [1.165, 1.54) is 12.3 Å². The van der Waals surface area contributed by atoms with E-state index in [2.05, 4.69) is 26.3 Å². The van der Waals surface area contributed by atoms with Crippen molar-refractivity contribution in [2.75, 3.05) is 0 Å². The van der Waals surface area contributed by atoms with E-state index in [0.717, 1.165) is 15.7 Å². The van der Waals surface area contributed by atoms with Gasteiger partial charge < -0.3 is 0 Å². The Labute approximate surface area is 113 Å². The normalized spacial score (nSPS) is 12.4. The van der Waals surface area contributed by atoms with Crippen LogP contribution in [0.2, 0.25) is 0 Å². The van der Waals surface area contributed by atoms with Crippen LogP contribution in [0.5, 0.6) is 0 Å². The van der Waals surface area contributed by atoms with Crippen LogP contribution < -0.4 is 11.3 Å². The first kappa shape index (κ1) is 13.1. The van der Waals surface area contributed by atoms with E-state index < -0.39 is 0 Å². The van der Waals surface area contributed by atoms with Gasteiger partial charge in [-0.15, -0.1) is 0 Å². The number of nitrogens with one attached hydrogen (secondary N) is 1. The van der Waals surface area contributed by atoms with Crippen molar-refractivity contribution in [2.45, 2.75) is 12.5 Å². The SMILES string of the molecule is NNC(Cc1ccc(Br)cc1)c1ccc(F)cn1. The van der Waals surface area contributed by atoms with Crippen LogP contribution in [0, 0.1) is 5.82 Å². The molecule has 0 spiro atoms. The number of rotatable bonds is 4. The Hall–Kier alpha value is -1.30. The molecule has 18 heavy (non-hydrogen) atoms. The second-order valence-corrected chi connectivity index (χ2v) is 4.87. The number of nitrogens with two attached hydrogens (primary N) is 1. The summed E-state index contributed by atoms with van der Waals surface area (Å²) in [5.74, 6) is 5.18. The number of pyridine rings is 1. The van der Waals surface area contributed by atoms with Gasteiger partial charge in [-0.25, -0.2) is 4.39 Å². The summed E-state index contributed by atoms with van der Waals surface area (Å²) in [6.45, 7) is 0. The highest BCUT2D eigenvalue weighted by Crippen LogP contribution is 2.18. The topological polar surface area (TPSA) is 50.9 Å². The molecule has 3 nitrogen and oxygen atoms in total. The van der Waals surface area contributed by atoms with E-state index >= 15 is 0 Å². The minimum Gasteiger partial charge on any atom is -0.271 e. The molecule has 0 aliphatic carbocycles. The second kappa shape index (κ2) is 6.04. The van der Waals surface area contributed by atoms with Gasteiger partial charge in [-0.2, -0.15) is 0 Å². The van der Waals surface area contributed by atoms with Crippen molar-refractivity contribution < 1.29 is 4.39 Å². The average Bonchev–Trinajstić information content (AvgIpc) is 2.39. The number of aromatic nitrogens is 1. The molecule has 0 aliphatic heterocycles. The lowest BCUT2D eigenvalue weighted by atomic mass is 10.0. The molecule has 0 bridgehead atoms. The van der Waals surface area contributed by atoms with E-state index in [0.29, 0.717) is 6.42 Å². The minimum atomic E-state index is -0.349. The molecule has 5 heteroatoms. The maximum absolute atomic E-state index is 12.8. The zero-order valence-electron chi connectivity index (χ0n) is 9.61. The highest BCUT2D eigenvalue weighted by atomic mass is 79.9. The summed E-state index contributed by atoms with van der Waals surface area (Å²) in [4.78, 5) is 4.04. The molecular weight excluding hydrogens is 297 g/mol. The molecule has 1 unspecified atom stereocenters. The molecule has 0 radical (unpaired) electrons. The van der Waals surface area contributed by atoms with Gasteiger partial charge in [0.25, 0.3) is 0 Å². The second-order valence-electron chi connectivity index (χ2n) is 3.95. The van der Waals surface area contributed by atoms with Crippen molar-refractivity contribution in [3.05, 3.63) is 64.1 Å².